The second kappa shape index (κ2) is 9.47. The summed E-state index contributed by atoms with van der Waals surface area (Å²) in [6.07, 6.45) is 2.99. The van der Waals surface area contributed by atoms with E-state index in [0.29, 0.717) is 31.3 Å². The summed E-state index contributed by atoms with van der Waals surface area (Å²) in [5, 5.41) is 8.55. The number of nitriles is 1. The number of benzene rings is 1. The molecule has 0 radical (unpaired) electrons. The highest BCUT2D eigenvalue weighted by molar-refractivity contribution is 5.90. The largest absolute Gasteiger partial charge is 0.490 e. The zero-order chi connectivity index (χ0) is 18.9. The van der Waals surface area contributed by atoms with Crippen LogP contribution < -0.4 is 9.47 Å². The van der Waals surface area contributed by atoms with E-state index in [2.05, 4.69) is 0 Å². The van der Waals surface area contributed by atoms with Gasteiger partial charge in [0.05, 0.1) is 25.7 Å². The number of rotatable bonds is 6. The van der Waals surface area contributed by atoms with Crippen LogP contribution in [0.3, 0.4) is 0 Å². The fourth-order valence-electron chi connectivity index (χ4n) is 2.35. The van der Waals surface area contributed by atoms with Crippen molar-refractivity contribution in [2.75, 3.05) is 26.8 Å². The molecule has 0 saturated heterocycles. The third kappa shape index (κ3) is 5.52. The summed E-state index contributed by atoms with van der Waals surface area (Å²) in [5.74, 6) is 0.353. The molecule has 1 aromatic rings. The standard InChI is InChI=1S/C19H22N2O5/c1-14(19(23)21(2)10-3-9-20)26-18(22)8-6-15-5-7-16-17(13-15)25-12-4-11-24-16/h5-8,13-14H,3-4,10-12H2,1-2H3/b8-6+/t14-/m1/s1. The van der Waals surface area contributed by atoms with Crippen molar-refractivity contribution < 1.29 is 23.8 Å². The lowest BCUT2D eigenvalue weighted by atomic mass is 10.2. The highest BCUT2D eigenvalue weighted by Gasteiger charge is 2.20. The van der Waals surface area contributed by atoms with Crippen LogP contribution in [0.1, 0.15) is 25.3 Å². The minimum absolute atomic E-state index is 0.229. The quantitative estimate of drug-likeness (QED) is 0.572. The molecule has 0 bridgehead atoms. The van der Waals surface area contributed by atoms with E-state index in [9.17, 15) is 9.59 Å². The summed E-state index contributed by atoms with van der Waals surface area (Å²) in [5.41, 5.74) is 0.760. The van der Waals surface area contributed by atoms with Gasteiger partial charge in [0.2, 0.25) is 0 Å². The Morgan fingerprint density at radius 1 is 1.35 bits per heavy atom. The predicted octanol–water partition coefficient (Wildman–Crippen LogP) is 2.16. The summed E-state index contributed by atoms with van der Waals surface area (Å²) in [6, 6.07) is 7.35. The molecule has 26 heavy (non-hydrogen) atoms. The van der Waals surface area contributed by atoms with Crippen LogP contribution in [-0.4, -0.2) is 49.7 Å². The van der Waals surface area contributed by atoms with E-state index >= 15 is 0 Å². The summed E-state index contributed by atoms with van der Waals surface area (Å²) < 4.78 is 16.3. The van der Waals surface area contributed by atoms with Crippen molar-refractivity contribution in [2.24, 2.45) is 0 Å². The molecule has 1 atom stereocenters. The van der Waals surface area contributed by atoms with Gasteiger partial charge in [0.25, 0.3) is 5.91 Å². The lowest BCUT2D eigenvalue weighted by Crippen LogP contribution is -2.37. The molecule has 0 N–H and O–H groups in total. The van der Waals surface area contributed by atoms with Crippen LogP contribution in [0.4, 0.5) is 0 Å². The monoisotopic (exact) mass is 358 g/mol. The van der Waals surface area contributed by atoms with Crippen LogP contribution in [0.15, 0.2) is 24.3 Å². The number of carbonyl (C=O) groups is 2. The van der Waals surface area contributed by atoms with E-state index in [0.717, 1.165) is 12.0 Å². The van der Waals surface area contributed by atoms with E-state index in [4.69, 9.17) is 19.5 Å². The molecule has 7 heteroatoms. The van der Waals surface area contributed by atoms with Crippen molar-refractivity contribution in [3.63, 3.8) is 0 Å². The minimum atomic E-state index is -0.917. The molecule has 1 aromatic carbocycles. The van der Waals surface area contributed by atoms with Crippen LogP contribution in [0, 0.1) is 11.3 Å². The molecule has 2 rings (SSSR count). The molecule has 1 amide bonds. The average Bonchev–Trinajstić information content (AvgIpc) is 2.88. The van der Waals surface area contributed by atoms with Crippen molar-refractivity contribution in [3.8, 4) is 17.6 Å². The van der Waals surface area contributed by atoms with E-state index in [1.165, 1.54) is 17.9 Å². The number of fused-ring (bicyclic) bond motifs is 1. The first kappa shape index (κ1) is 19.3. The van der Waals surface area contributed by atoms with Gasteiger partial charge in [-0.2, -0.15) is 5.26 Å². The first-order valence-corrected chi connectivity index (χ1v) is 8.41. The summed E-state index contributed by atoms with van der Waals surface area (Å²) in [4.78, 5) is 25.3. The van der Waals surface area contributed by atoms with E-state index in [-0.39, 0.29) is 12.3 Å². The molecule has 1 aliphatic rings. The molecule has 1 aliphatic heterocycles. The molecular weight excluding hydrogens is 336 g/mol. The summed E-state index contributed by atoms with van der Waals surface area (Å²) in [7, 11) is 1.57. The van der Waals surface area contributed by atoms with Gasteiger partial charge >= 0.3 is 5.97 Å². The molecule has 0 saturated carbocycles. The van der Waals surface area contributed by atoms with Crippen LogP contribution in [0.25, 0.3) is 6.08 Å². The molecule has 1 heterocycles. The van der Waals surface area contributed by atoms with Crippen molar-refractivity contribution in [3.05, 3.63) is 29.8 Å². The Hall–Kier alpha value is -3.01. The van der Waals surface area contributed by atoms with Gasteiger partial charge in [-0.3, -0.25) is 4.79 Å². The van der Waals surface area contributed by atoms with Gasteiger partial charge < -0.3 is 19.1 Å². The molecule has 0 spiro atoms. The van der Waals surface area contributed by atoms with Crippen LogP contribution in [0.5, 0.6) is 11.5 Å². The Morgan fingerprint density at radius 3 is 2.81 bits per heavy atom. The fourth-order valence-corrected chi connectivity index (χ4v) is 2.35. The number of hydrogen-bond donors (Lipinski definition) is 0. The van der Waals surface area contributed by atoms with Gasteiger partial charge in [-0.1, -0.05) is 6.07 Å². The second-order valence-corrected chi connectivity index (χ2v) is 5.84. The normalized spacial score (nSPS) is 14.2. The summed E-state index contributed by atoms with van der Waals surface area (Å²) in [6.45, 7) is 3.00. The maximum atomic E-state index is 12.0. The van der Waals surface area contributed by atoms with Gasteiger partial charge in [0, 0.05) is 26.1 Å². The second-order valence-electron chi connectivity index (χ2n) is 5.84. The Labute approximate surface area is 152 Å². The van der Waals surface area contributed by atoms with Gasteiger partial charge in [-0.15, -0.1) is 0 Å². The van der Waals surface area contributed by atoms with Crippen LogP contribution >= 0.6 is 0 Å². The number of nitrogens with zero attached hydrogens (tertiary/aromatic N) is 2. The summed E-state index contributed by atoms with van der Waals surface area (Å²) >= 11 is 0. The number of esters is 1. The van der Waals surface area contributed by atoms with Gasteiger partial charge in [-0.25, -0.2) is 4.79 Å². The topological polar surface area (TPSA) is 88.9 Å². The van der Waals surface area contributed by atoms with Gasteiger partial charge in [0.1, 0.15) is 0 Å². The third-order valence-corrected chi connectivity index (χ3v) is 3.76. The lowest BCUT2D eigenvalue weighted by Gasteiger charge is -2.19. The number of hydrogen-bond acceptors (Lipinski definition) is 6. The highest BCUT2D eigenvalue weighted by atomic mass is 16.5. The molecular formula is C19H22N2O5. The van der Waals surface area contributed by atoms with Gasteiger partial charge in [0.15, 0.2) is 17.6 Å². The Morgan fingerprint density at radius 2 is 2.08 bits per heavy atom. The third-order valence-electron chi connectivity index (χ3n) is 3.76. The van der Waals surface area contributed by atoms with Crippen molar-refractivity contribution >= 4 is 18.0 Å². The van der Waals surface area contributed by atoms with E-state index < -0.39 is 12.1 Å². The number of ether oxygens (including phenoxy) is 3. The molecule has 0 fully saturated rings. The first-order chi connectivity index (χ1) is 12.5. The van der Waals surface area contributed by atoms with Crippen LogP contribution in [0.2, 0.25) is 0 Å². The molecule has 138 valence electrons. The van der Waals surface area contributed by atoms with Gasteiger partial charge in [-0.05, 0) is 30.7 Å². The maximum absolute atomic E-state index is 12.0. The van der Waals surface area contributed by atoms with E-state index in [1.54, 1.807) is 25.3 Å². The Bertz CT molecular complexity index is 723. The lowest BCUT2D eigenvalue weighted by molar-refractivity contribution is -0.154. The molecule has 0 unspecified atom stereocenters. The smallest absolute Gasteiger partial charge is 0.331 e. The fraction of sp³-hybridized carbons (Fsp3) is 0.421. The number of carbonyl (C=O) groups excluding carboxylic acids is 2. The molecule has 0 aliphatic carbocycles. The predicted molar refractivity (Wildman–Crippen MR) is 94.5 cm³/mol. The molecule has 0 aromatic heterocycles. The Balaban J connectivity index is 1.92. The van der Waals surface area contributed by atoms with E-state index in [1.807, 2.05) is 12.1 Å². The first-order valence-electron chi connectivity index (χ1n) is 8.41. The minimum Gasteiger partial charge on any atom is -0.490 e. The molecule has 7 nitrogen and oxygen atoms in total. The Kier molecular flexibility index (Phi) is 7.03. The zero-order valence-electron chi connectivity index (χ0n) is 14.9. The SMILES string of the molecule is C[C@@H](OC(=O)/C=C/c1ccc2c(c1)OCCCO2)C(=O)N(C)CCC#N. The number of likely N-dealkylation sites (N-methyl/N-ethyl adjacent to an activating group) is 1. The zero-order valence-corrected chi connectivity index (χ0v) is 14.9. The average molecular weight is 358 g/mol. The van der Waals surface area contributed by atoms with Crippen molar-refractivity contribution in [1.82, 2.24) is 4.90 Å². The van der Waals surface area contributed by atoms with Crippen LogP contribution in [-0.2, 0) is 14.3 Å². The van der Waals surface area contributed by atoms with Crippen molar-refractivity contribution in [1.29, 1.82) is 5.26 Å². The maximum Gasteiger partial charge on any atom is 0.331 e. The number of amides is 1. The highest BCUT2D eigenvalue weighted by Crippen LogP contribution is 2.30. The van der Waals surface area contributed by atoms with Crippen molar-refractivity contribution in [2.45, 2.75) is 25.9 Å².